The number of ether oxygens (including phenoxy) is 6. The smallest absolute Gasteiger partial charge is 0.221 e. The maximum absolute atomic E-state index is 10.4. The first-order valence-electron chi connectivity index (χ1n) is 15.5. The molecule has 2 atom stereocenters. The van der Waals surface area contributed by atoms with Crippen molar-refractivity contribution in [2.24, 2.45) is 0 Å². The lowest BCUT2D eigenvalue weighted by Crippen LogP contribution is -2.29. The summed E-state index contributed by atoms with van der Waals surface area (Å²) in [6.45, 7) is 6.90. The number of aliphatic hydroxyl groups is 2. The Bertz CT molecular complexity index is 1360. The third kappa shape index (κ3) is 7.56. The summed E-state index contributed by atoms with van der Waals surface area (Å²) >= 11 is 0. The minimum absolute atomic E-state index is 0.0437. The molecule has 0 radical (unpaired) electrons. The Hall–Kier alpha value is -3.76. The minimum atomic E-state index is -1.10. The van der Waals surface area contributed by atoms with Gasteiger partial charge in [-0.1, -0.05) is 72.8 Å². The number of benzene rings is 4. The van der Waals surface area contributed by atoms with Gasteiger partial charge in [0.05, 0.1) is 31.8 Å². The van der Waals surface area contributed by atoms with Gasteiger partial charge in [-0.05, 0) is 71.5 Å². The molecule has 8 heteroatoms. The summed E-state index contributed by atoms with van der Waals surface area (Å²) in [6.07, 6.45) is -2.20. The predicted octanol–water partition coefficient (Wildman–Crippen LogP) is 5.55. The SMILES string of the molecule is CCOCCOCC(O)Oc1ccc(C2(c3ccc(OC(O)COCCOCC)cc3)c3ccccc3-c3ccccc32)cc1. The molecule has 2 N–H and O–H groups in total. The molecule has 0 saturated heterocycles. The summed E-state index contributed by atoms with van der Waals surface area (Å²) in [7, 11) is 0. The minimum Gasteiger partial charge on any atom is -0.463 e. The van der Waals surface area contributed by atoms with Gasteiger partial charge in [0.25, 0.3) is 0 Å². The monoisotopic (exact) mass is 614 g/mol. The van der Waals surface area contributed by atoms with Crippen molar-refractivity contribution >= 4 is 0 Å². The molecular weight excluding hydrogens is 572 g/mol. The maximum Gasteiger partial charge on any atom is 0.221 e. The lowest BCUT2D eigenvalue weighted by Gasteiger charge is -2.34. The van der Waals surface area contributed by atoms with E-state index in [-0.39, 0.29) is 13.2 Å². The quantitative estimate of drug-likeness (QED) is 0.0980. The molecule has 0 bridgehead atoms. The van der Waals surface area contributed by atoms with Crippen molar-refractivity contribution in [2.45, 2.75) is 31.8 Å². The zero-order chi connectivity index (χ0) is 31.5. The number of aliphatic hydroxyl groups excluding tert-OH is 2. The van der Waals surface area contributed by atoms with Crippen molar-refractivity contribution in [1.29, 1.82) is 0 Å². The normalized spacial score (nSPS) is 14.4. The van der Waals surface area contributed by atoms with Crippen LogP contribution in [0.1, 0.15) is 36.1 Å². The van der Waals surface area contributed by atoms with E-state index in [0.717, 1.165) is 11.1 Å². The standard InChI is InChI=1S/C37H42O8/c1-3-40-21-23-42-25-35(38)44-29-17-13-27(14-18-29)37(33-11-7-5-9-31(33)32-10-6-8-12-34(32)37)28-15-19-30(20-16-28)45-36(39)26-43-24-22-41-4-2/h5-20,35-36,38-39H,3-4,21-26H2,1-2H3. The second-order valence-corrected chi connectivity index (χ2v) is 10.6. The molecule has 1 aliphatic rings. The first-order chi connectivity index (χ1) is 22.1. The van der Waals surface area contributed by atoms with Crippen LogP contribution in [0.15, 0.2) is 97.1 Å². The van der Waals surface area contributed by atoms with E-state index >= 15 is 0 Å². The Morgan fingerprint density at radius 1 is 0.511 bits per heavy atom. The Kier molecular flexibility index (Phi) is 11.6. The first-order valence-corrected chi connectivity index (χ1v) is 15.5. The number of hydrogen-bond acceptors (Lipinski definition) is 8. The summed E-state index contributed by atoms with van der Waals surface area (Å²) in [5, 5.41) is 20.7. The molecule has 4 aromatic carbocycles. The lowest BCUT2D eigenvalue weighted by atomic mass is 9.68. The number of fused-ring (bicyclic) bond motifs is 3. The van der Waals surface area contributed by atoms with Crippen LogP contribution in [0.3, 0.4) is 0 Å². The fourth-order valence-corrected chi connectivity index (χ4v) is 5.87. The van der Waals surface area contributed by atoms with Gasteiger partial charge in [0.15, 0.2) is 0 Å². The van der Waals surface area contributed by atoms with E-state index in [1.165, 1.54) is 22.3 Å². The molecule has 0 heterocycles. The molecule has 0 spiro atoms. The van der Waals surface area contributed by atoms with Gasteiger partial charge in [-0.25, -0.2) is 0 Å². The van der Waals surface area contributed by atoms with Gasteiger partial charge in [-0.15, -0.1) is 0 Å². The second-order valence-electron chi connectivity index (χ2n) is 10.6. The van der Waals surface area contributed by atoms with Crippen LogP contribution in [0.25, 0.3) is 11.1 Å². The molecule has 8 nitrogen and oxygen atoms in total. The van der Waals surface area contributed by atoms with E-state index < -0.39 is 18.0 Å². The van der Waals surface area contributed by atoms with Crippen LogP contribution < -0.4 is 9.47 Å². The highest BCUT2D eigenvalue weighted by Crippen LogP contribution is 2.56. The van der Waals surface area contributed by atoms with E-state index in [1.54, 1.807) is 0 Å². The number of rotatable bonds is 18. The third-order valence-corrected chi connectivity index (χ3v) is 7.74. The van der Waals surface area contributed by atoms with Crippen molar-refractivity contribution in [1.82, 2.24) is 0 Å². The van der Waals surface area contributed by atoms with Crippen LogP contribution in [0, 0.1) is 0 Å². The summed E-state index contributed by atoms with van der Waals surface area (Å²) < 4.78 is 32.9. The van der Waals surface area contributed by atoms with Gasteiger partial charge in [0, 0.05) is 13.2 Å². The van der Waals surface area contributed by atoms with E-state index in [1.807, 2.05) is 62.4 Å². The fourth-order valence-electron chi connectivity index (χ4n) is 5.87. The van der Waals surface area contributed by atoms with Crippen molar-refractivity contribution < 1.29 is 38.6 Å². The Morgan fingerprint density at radius 3 is 1.29 bits per heavy atom. The highest BCUT2D eigenvalue weighted by atomic mass is 16.6. The molecule has 45 heavy (non-hydrogen) atoms. The maximum atomic E-state index is 10.4. The fraction of sp³-hybridized carbons (Fsp3) is 0.351. The Balaban J connectivity index is 1.41. The molecule has 5 rings (SSSR count). The van der Waals surface area contributed by atoms with Crippen LogP contribution in [0.5, 0.6) is 11.5 Å². The van der Waals surface area contributed by atoms with E-state index in [2.05, 4.69) is 48.5 Å². The topological polar surface area (TPSA) is 95.8 Å². The van der Waals surface area contributed by atoms with Gasteiger partial charge in [0.2, 0.25) is 12.6 Å². The van der Waals surface area contributed by atoms with Crippen LogP contribution in [0.4, 0.5) is 0 Å². The molecule has 0 aliphatic heterocycles. The van der Waals surface area contributed by atoms with Gasteiger partial charge >= 0.3 is 0 Å². The molecular formula is C37H42O8. The molecule has 1 aliphatic carbocycles. The summed E-state index contributed by atoms with van der Waals surface area (Å²) in [5.41, 5.74) is 6.16. The predicted molar refractivity (Wildman–Crippen MR) is 172 cm³/mol. The van der Waals surface area contributed by atoms with Gasteiger partial charge < -0.3 is 38.6 Å². The molecule has 2 unspecified atom stereocenters. The van der Waals surface area contributed by atoms with Crippen LogP contribution in [-0.2, 0) is 24.4 Å². The van der Waals surface area contributed by atoms with Crippen molar-refractivity contribution in [3.63, 3.8) is 0 Å². The molecule has 0 amide bonds. The van der Waals surface area contributed by atoms with Crippen molar-refractivity contribution in [2.75, 3.05) is 52.9 Å². The van der Waals surface area contributed by atoms with Crippen molar-refractivity contribution in [3.8, 4) is 22.6 Å². The molecule has 4 aromatic rings. The van der Waals surface area contributed by atoms with Crippen LogP contribution in [0.2, 0.25) is 0 Å². The van der Waals surface area contributed by atoms with Crippen molar-refractivity contribution in [3.05, 3.63) is 119 Å². The van der Waals surface area contributed by atoms with Gasteiger partial charge in [-0.2, -0.15) is 0 Å². The summed E-state index contributed by atoms with van der Waals surface area (Å²) in [5.74, 6) is 1.08. The molecule has 238 valence electrons. The Morgan fingerprint density at radius 2 is 0.889 bits per heavy atom. The third-order valence-electron chi connectivity index (χ3n) is 7.74. The van der Waals surface area contributed by atoms with Gasteiger partial charge in [-0.3, -0.25) is 0 Å². The van der Waals surface area contributed by atoms with Crippen LogP contribution >= 0.6 is 0 Å². The lowest BCUT2D eigenvalue weighted by molar-refractivity contribution is -0.0841. The Labute approximate surface area is 265 Å². The summed E-state index contributed by atoms with van der Waals surface area (Å²) in [4.78, 5) is 0. The average Bonchev–Trinajstić information content (AvgIpc) is 3.36. The molecule has 0 saturated carbocycles. The average molecular weight is 615 g/mol. The van der Waals surface area contributed by atoms with E-state index in [4.69, 9.17) is 28.4 Å². The van der Waals surface area contributed by atoms with Crippen LogP contribution in [-0.4, -0.2) is 75.6 Å². The molecule has 0 fully saturated rings. The molecule has 0 aromatic heterocycles. The highest BCUT2D eigenvalue weighted by molar-refractivity contribution is 5.86. The zero-order valence-electron chi connectivity index (χ0n) is 25.9. The first kappa shape index (κ1) is 32.6. The highest BCUT2D eigenvalue weighted by Gasteiger charge is 2.45. The largest absolute Gasteiger partial charge is 0.463 e. The van der Waals surface area contributed by atoms with E-state index in [9.17, 15) is 10.2 Å². The van der Waals surface area contributed by atoms with Gasteiger partial charge in [0.1, 0.15) is 24.7 Å². The summed E-state index contributed by atoms with van der Waals surface area (Å²) in [6, 6.07) is 32.6. The second kappa shape index (κ2) is 16.0. The van der Waals surface area contributed by atoms with E-state index in [0.29, 0.717) is 51.1 Å². The number of hydrogen-bond donors (Lipinski definition) is 2. The zero-order valence-corrected chi connectivity index (χ0v) is 25.9.